The maximum absolute atomic E-state index is 13.1. The molecule has 0 spiro atoms. The van der Waals surface area contributed by atoms with Gasteiger partial charge in [0, 0.05) is 34.2 Å². The average molecular weight is 495 g/mol. The minimum atomic E-state index is -0.596. The van der Waals surface area contributed by atoms with Gasteiger partial charge in [0.1, 0.15) is 18.1 Å². The molecule has 35 heavy (non-hydrogen) atoms. The van der Waals surface area contributed by atoms with E-state index in [1.54, 1.807) is 28.2 Å². The van der Waals surface area contributed by atoms with Crippen molar-refractivity contribution in [3.8, 4) is 5.75 Å². The van der Waals surface area contributed by atoms with Crippen LogP contribution in [0, 0.1) is 10.8 Å². The summed E-state index contributed by atoms with van der Waals surface area (Å²) in [6, 6.07) is 6.49. The summed E-state index contributed by atoms with van der Waals surface area (Å²) in [6.07, 6.45) is 3.13. The smallest absolute Gasteiger partial charge is 0.406 e. The number of amides is 3. The first kappa shape index (κ1) is 23.2. The Balaban J connectivity index is 1.21. The number of thiophene rings is 1. The van der Waals surface area contributed by atoms with Crippen molar-refractivity contribution in [1.29, 1.82) is 5.41 Å². The normalized spacial score (nSPS) is 22.0. The monoisotopic (exact) mass is 494 g/mol. The molecule has 1 saturated carbocycles. The number of ether oxygens (including phenoxy) is 1. The first-order valence-corrected chi connectivity index (χ1v) is 12.5. The predicted octanol–water partition coefficient (Wildman–Crippen LogP) is 1.57. The maximum Gasteiger partial charge on any atom is 0.406 e. The first-order chi connectivity index (χ1) is 16.7. The zero-order valence-corrected chi connectivity index (χ0v) is 20.3. The van der Waals surface area contributed by atoms with Crippen LogP contribution in [0.15, 0.2) is 29.6 Å². The first-order valence-electron chi connectivity index (χ1n) is 11.7. The van der Waals surface area contributed by atoms with Crippen LogP contribution in [0.5, 0.6) is 5.75 Å². The molecule has 10 heteroatoms. The lowest BCUT2D eigenvalue weighted by Gasteiger charge is -2.17. The van der Waals surface area contributed by atoms with Crippen molar-refractivity contribution >= 4 is 40.6 Å². The van der Waals surface area contributed by atoms with Crippen LogP contribution in [0.2, 0.25) is 0 Å². The van der Waals surface area contributed by atoms with Gasteiger partial charge in [-0.3, -0.25) is 15.0 Å². The van der Waals surface area contributed by atoms with Crippen LogP contribution < -0.4 is 21.1 Å². The van der Waals surface area contributed by atoms with Gasteiger partial charge in [0.05, 0.1) is 18.6 Å². The number of aryl methyl sites for hydroxylation is 1. The molecule has 3 heterocycles. The molecule has 5 N–H and O–H groups in total. The van der Waals surface area contributed by atoms with Gasteiger partial charge < -0.3 is 21.1 Å². The van der Waals surface area contributed by atoms with Gasteiger partial charge in [0.15, 0.2) is 5.71 Å². The van der Waals surface area contributed by atoms with Crippen LogP contribution in [0.4, 0.5) is 0 Å². The molecule has 0 unspecified atom stereocenters. The zero-order chi connectivity index (χ0) is 24.7. The number of amidine groups is 1. The molecule has 3 aliphatic rings. The summed E-state index contributed by atoms with van der Waals surface area (Å²) in [4.78, 5) is 39.7. The second kappa shape index (κ2) is 8.92. The Labute approximate surface area is 206 Å². The number of rotatable bonds is 7. The quantitative estimate of drug-likeness (QED) is 0.263. The summed E-state index contributed by atoms with van der Waals surface area (Å²) in [5.74, 6) is -0.0422. The summed E-state index contributed by atoms with van der Waals surface area (Å²) in [5, 5.41) is 14.9. The fraction of sp³-hybridized carbons (Fsp3) is 0.400. The van der Waals surface area contributed by atoms with Crippen LogP contribution in [0.25, 0.3) is 0 Å². The van der Waals surface area contributed by atoms with Crippen molar-refractivity contribution in [3.63, 3.8) is 0 Å². The molecule has 0 radical (unpaired) electrons. The van der Waals surface area contributed by atoms with Crippen molar-refractivity contribution in [2.24, 2.45) is 11.1 Å². The van der Waals surface area contributed by atoms with Crippen LogP contribution in [0.1, 0.15) is 52.5 Å². The van der Waals surface area contributed by atoms with Crippen LogP contribution >= 0.6 is 11.3 Å². The van der Waals surface area contributed by atoms with Crippen LogP contribution in [-0.2, 0) is 22.6 Å². The number of hydrogen-bond donors (Lipinski definition) is 4. The predicted molar refractivity (Wildman–Crippen MR) is 131 cm³/mol. The third kappa shape index (κ3) is 4.58. The highest BCUT2D eigenvalue weighted by Gasteiger charge is 2.65. The number of nitrogens with zero attached hydrogens (tertiary/aromatic N) is 1. The summed E-state index contributed by atoms with van der Waals surface area (Å²) in [6.45, 7) is 2.87. The summed E-state index contributed by atoms with van der Waals surface area (Å²) >= 11 is 1.42. The standard InChI is InChI=1S/C25H27N5O4S/c1-25-9-18(24(33)28-11-17-8-16(13-35-17)22(26)27)30(20(25)10-25)21(31)12-29-23(32)15-4-5-19-14(7-15)3-2-6-34-19/h4-5,7-8,13,18H,2-3,6,9-12H2,1H3,(H4-,26,27,28,29,32,33)/p+1/t18-,25+/m0/s1. The third-order valence-corrected chi connectivity index (χ3v) is 7.86. The largest absolute Gasteiger partial charge is 0.493 e. The lowest BCUT2D eigenvalue weighted by molar-refractivity contribution is -0.467. The van der Waals surface area contributed by atoms with Gasteiger partial charge >= 0.3 is 5.91 Å². The Bertz CT molecular complexity index is 1280. The van der Waals surface area contributed by atoms with E-state index in [0.717, 1.165) is 41.2 Å². The van der Waals surface area contributed by atoms with Crippen LogP contribution in [-0.4, -0.2) is 53.0 Å². The van der Waals surface area contributed by atoms with Crippen molar-refractivity contribution in [1.82, 2.24) is 10.6 Å². The maximum atomic E-state index is 13.1. The molecule has 5 rings (SSSR count). The van der Waals surface area contributed by atoms with Gasteiger partial charge in [-0.15, -0.1) is 11.3 Å². The number of nitrogens with two attached hydrogens (primary N) is 1. The number of nitrogens with one attached hydrogen (secondary N) is 3. The van der Waals surface area contributed by atoms with Gasteiger partial charge in [0.2, 0.25) is 6.04 Å². The summed E-state index contributed by atoms with van der Waals surface area (Å²) < 4.78 is 7.17. The van der Waals surface area contributed by atoms with Crippen molar-refractivity contribution in [2.45, 2.75) is 45.2 Å². The molecule has 9 nitrogen and oxygen atoms in total. The molecule has 1 aliphatic carbocycles. The number of fused-ring (bicyclic) bond motifs is 2. The molecule has 2 aromatic rings. The SMILES string of the molecule is C[C@@]12CC1=[N+](C(=O)CNC(=O)c1ccc3c(c1)CCCO3)[C@H](C(=O)NCc1cc(C(=N)N)cs1)C2. The molecule has 0 saturated heterocycles. The average Bonchev–Trinajstić information content (AvgIpc) is 3.18. The third-order valence-electron chi connectivity index (χ3n) is 6.92. The van der Waals surface area contributed by atoms with E-state index in [0.29, 0.717) is 30.7 Å². The van der Waals surface area contributed by atoms with Gasteiger partial charge in [-0.25, -0.2) is 4.79 Å². The van der Waals surface area contributed by atoms with E-state index in [4.69, 9.17) is 15.9 Å². The van der Waals surface area contributed by atoms with Gasteiger partial charge in [0.25, 0.3) is 11.8 Å². The van der Waals surface area contributed by atoms with Crippen LogP contribution in [0.3, 0.4) is 0 Å². The molecule has 2 aliphatic heterocycles. The van der Waals surface area contributed by atoms with E-state index in [9.17, 15) is 14.4 Å². The molecule has 3 amide bonds. The fourth-order valence-electron chi connectivity index (χ4n) is 4.88. The van der Waals surface area contributed by atoms with E-state index in [-0.39, 0.29) is 35.5 Å². The highest BCUT2D eigenvalue weighted by Crippen LogP contribution is 2.51. The summed E-state index contributed by atoms with van der Waals surface area (Å²) in [7, 11) is 0. The summed E-state index contributed by atoms with van der Waals surface area (Å²) in [5.41, 5.74) is 8.44. The highest BCUT2D eigenvalue weighted by atomic mass is 32.1. The number of hydrogen-bond acceptors (Lipinski definition) is 6. The Morgan fingerprint density at radius 3 is 2.86 bits per heavy atom. The molecule has 2 atom stereocenters. The molecule has 1 aromatic carbocycles. The Morgan fingerprint density at radius 1 is 1.26 bits per heavy atom. The Hall–Kier alpha value is -3.53. The van der Waals surface area contributed by atoms with Crippen molar-refractivity contribution < 1.29 is 23.7 Å². The van der Waals surface area contributed by atoms with Gasteiger partial charge in [-0.2, -0.15) is 4.58 Å². The van der Waals surface area contributed by atoms with Crippen molar-refractivity contribution in [3.05, 3.63) is 51.2 Å². The number of nitrogen functional groups attached to an aromatic ring is 1. The Morgan fingerprint density at radius 2 is 2.09 bits per heavy atom. The van der Waals surface area contributed by atoms with E-state index in [2.05, 4.69) is 17.6 Å². The van der Waals surface area contributed by atoms with Gasteiger partial charge in [-0.05, 0) is 49.6 Å². The minimum absolute atomic E-state index is 0.0124. The number of carbonyl (C=O) groups is 3. The molecule has 1 aromatic heterocycles. The zero-order valence-electron chi connectivity index (χ0n) is 19.5. The lowest BCUT2D eigenvalue weighted by Crippen LogP contribution is -2.46. The minimum Gasteiger partial charge on any atom is -0.493 e. The second-order valence-electron chi connectivity index (χ2n) is 9.56. The topological polar surface area (TPSA) is 137 Å². The number of carbonyl (C=O) groups excluding carboxylic acids is 3. The molecular formula is C25H28N5O4S+. The fourth-order valence-corrected chi connectivity index (χ4v) is 5.71. The molecule has 0 bridgehead atoms. The molecular weight excluding hydrogens is 466 g/mol. The van der Waals surface area contributed by atoms with Crippen molar-refractivity contribution in [2.75, 3.05) is 13.2 Å². The number of benzene rings is 1. The van der Waals surface area contributed by atoms with E-state index in [1.807, 2.05) is 6.07 Å². The Kier molecular flexibility index (Phi) is 5.92. The van der Waals surface area contributed by atoms with E-state index in [1.165, 1.54) is 11.3 Å². The molecule has 182 valence electrons. The van der Waals surface area contributed by atoms with E-state index >= 15 is 0 Å². The van der Waals surface area contributed by atoms with Gasteiger partial charge in [-0.1, -0.05) is 0 Å². The lowest BCUT2D eigenvalue weighted by atomic mass is 10.0. The second-order valence-corrected chi connectivity index (χ2v) is 10.6. The molecule has 1 fully saturated rings. The van der Waals surface area contributed by atoms with E-state index < -0.39 is 6.04 Å². The highest BCUT2D eigenvalue weighted by molar-refractivity contribution is 7.10.